The first-order valence-electron chi connectivity index (χ1n) is 5.13. The van der Waals surface area contributed by atoms with Gasteiger partial charge >= 0.3 is 0 Å². The number of rotatable bonds is 1. The Morgan fingerprint density at radius 3 is 2.79 bits per heavy atom. The third-order valence-corrected chi connectivity index (χ3v) is 2.99. The summed E-state index contributed by atoms with van der Waals surface area (Å²) in [6, 6.07) is 4.36. The van der Waals surface area contributed by atoms with Gasteiger partial charge in [-0.3, -0.25) is 0 Å². The average molecular weight is 191 g/mol. The Morgan fingerprint density at radius 2 is 2.07 bits per heavy atom. The van der Waals surface area contributed by atoms with Crippen molar-refractivity contribution in [1.29, 1.82) is 0 Å². The van der Waals surface area contributed by atoms with Crippen LogP contribution in [0.3, 0.4) is 0 Å². The first kappa shape index (κ1) is 9.53. The predicted molar refractivity (Wildman–Crippen MR) is 57.7 cm³/mol. The van der Waals surface area contributed by atoms with Crippen LogP contribution in [0.15, 0.2) is 12.1 Å². The summed E-state index contributed by atoms with van der Waals surface area (Å²) in [5.74, 6) is 1.54. The second-order valence-electron chi connectivity index (χ2n) is 4.16. The molecule has 0 aromatic heterocycles. The van der Waals surface area contributed by atoms with E-state index in [4.69, 9.17) is 10.5 Å². The van der Waals surface area contributed by atoms with Crippen molar-refractivity contribution in [3.63, 3.8) is 0 Å². The number of aryl methyl sites for hydroxylation is 2. The summed E-state index contributed by atoms with van der Waals surface area (Å²) < 4.78 is 5.68. The van der Waals surface area contributed by atoms with E-state index >= 15 is 0 Å². The summed E-state index contributed by atoms with van der Waals surface area (Å²) in [4.78, 5) is 0. The number of hydrogen-bond acceptors (Lipinski definition) is 2. The van der Waals surface area contributed by atoms with Crippen molar-refractivity contribution in [2.24, 2.45) is 11.7 Å². The Balaban J connectivity index is 2.33. The topological polar surface area (TPSA) is 35.2 Å². The molecule has 14 heavy (non-hydrogen) atoms. The van der Waals surface area contributed by atoms with E-state index in [2.05, 4.69) is 26.0 Å². The zero-order valence-electron chi connectivity index (χ0n) is 8.84. The molecular weight excluding hydrogens is 174 g/mol. The first-order valence-corrected chi connectivity index (χ1v) is 5.13. The number of fused-ring (bicyclic) bond motifs is 1. The number of ether oxygens (including phenoxy) is 1. The highest BCUT2D eigenvalue weighted by Crippen LogP contribution is 2.29. The zero-order chi connectivity index (χ0) is 10.1. The molecule has 1 unspecified atom stereocenters. The lowest BCUT2D eigenvalue weighted by molar-refractivity contribution is 0.226. The lowest BCUT2D eigenvalue weighted by atomic mass is 9.94. The van der Waals surface area contributed by atoms with Gasteiger partial charge in [-0.25, -0.2) is 0 Å². The lowest BCUT2D eigenvalue weighted by Crippen LogP contribution is -2.27. The van der Waals surface area contributed by atoms with Gasteiger partial charge < -0.3 is 10.5 Å². The van der Waals surface area contributed by atoms with E-state index in [1.165, 1.54) is 16.7 Å². The molecule has 2 rings (SSSR count). The van der Waals surface area contributed by atoms with Crippen molar-refractivity contribution in [2.75, 3.05) is 13.2 Å². The van der Waals surface area contributed by atoms with E-state index in [1.54, 1.807) is 0 Å². The molecule has 0 fully saturated rings. The molecular formula is C12H17NO. The van der Waals surface area contributed by atoms with Crippen LogP contribution in [-0.2, 0) is 6.42 Å². The molecule has 2 N–H and O–H groups in total. The van der Waals surface area contributed by atoms with Gasteiger partial charge in [-0.2, -0.15) is 0 Å². The Bertz CT molecular complexity index is 346. The van der Waals surface area contributed by atoms with E-state index in [0.717, 1.165) is 18.8 Å². The van der Waals surface area contributed by atoms with Crippen LogP contribution in [0.1, 0.15) is 16.7 Å². The minimum Gasteiger partial charge on any atom is -0.493 e. The van der Waals surface area contributed by atoms with E-state index in [-0.39, 0.29) is 0 Å². The fraction of sp³-hybridized carbons (Fsp3) is 0.500. The standard InChI is InChI=1S/C12H17NO/c1-8-3-11-5-10(6-13)7-14-12(11)4-9(8)2/h3-4,10H,5-7,13H2,1-2H3. The molecule has 2 heteroatoms. The Labute approximate surface area is 85.1 Å². The van der Waals surface area contributed by atoms with Gasteiger partial charge in [0.1, 0.15) is 5.75 Å². The molecule has 0 radical (unpaired) electrons. The minimum atomic E-state index is 0.490. The van der Waals surface area contributed by atoms with Crippen LogP contribution < -0.4 is 10.5 Å². The molecule has 1 aromatic rings. The third kappa shape index (κ3) is 1.62. The molecule has 0 saturated carbocycles. The molecule has 0 spiro atoms. The van der Waals surface area contributed by atoms with Gasteiger partial charge in [0.05, 0.1) is 6.61 Å². The molecule has 1 aromatic carbocycles. The molecule has 76 valence electrons. The van der Waals surface area contributed by atoms with Gasteiger partial charge in [0, 0.05) is 5.92 Å². The van der Waals surface area contributed by atoms with Crippen LogP contribution in [0.4, 0.5) is 0 Å². The van der Waals surface area contributed by atoms with Crippen LogP contribution in [0, 0.1) is 19.8 Å². The predicted octanol–water partition coefficient (Wildman–Crippen LogP) is 1.81. The molecule has 1 aliphatic heterocycles. The molecule has 0 amide bonds. The maximum absolute atomic E-state index is 5.68. The van der Waals surface area contributed by atoms with Gasteiger partial charge in [-0.15, -0.1) is 0 Å². The van der Waals surface area contributed by atoms with Crippen molar-refractivity contribution < 1.29 is 4.74 Å². The molecule has 1 aliphatic rings. The summed E-state index contributed by atoms with van der Waals surface area (Å²) in [5.41, 5.74) is 9.60. The van der Waals surface area contributed by atoms with Crippen LogP contribution in [0.5, 0.6) is 5.75 Å². The zero-order valence-corrected chi connectivity index (χ0v) is 8.84. The van der Waals surface area contributed by atoms with Crippen molar-refractivity contribution in [3.8, 4) is 5.75 Å². The van der Waals surface area contributed by atoms with E-state index in [1.807, 2.05) is 0 Å². The van der Waals surface area contributed by atoms with E-state index in [9.17, 15) is 0 Å². The summed E-state index contributed by atoms with van der Waals surface area (Å²) >= 11 is 0. The summed E-state index contributed by atoms with van der Waals surface area (Å²) in [5, 5.41) is 0. The van der Waals surface area contributed by atoms with Crippen molar-refractivity contribution in [3.05, 3.63) is 28.8 Å². The van der Waals surface area contributed by atoms with E-state index in [0.29, 0.717) is 12.5 Å². The first-order chi connectivity index (χ1) is 6.70. The van der Waals surface area contributed by atoms with Gasteiger partial charge in [0.25, 0.3) is 0 Å². The second kappa shape index (κ2) is 3.62. The molecule has 0 aliphatic carbocycles. The lowest BCUT2D eigenvalue weighted by Gasteiger charge is -2.25. The number of benzene rings is 1. The normalized spacial score (nSPS) is 20.1. The quantitative estimate of drug-likeness (QED) is 0.734. The molecule has 0 saturated heterocycles. The highest BCUT2D eigenvalue weighted by Gasteiger charge is 2.19. The van der Waals surface area contributed by atoms with Gasteiger partial charge in [0.2, 0.25) is 0 Å². The van der Waals surface area contributed by atoms with Gasteiger partial charge in [0.15, 0.2) is 0 Å². The largest absolute Gasteiger partial charge is 0.493 e. The fourth-order valence-electron chi connectivity index (χ4n) is 1.87. The Hall–Kier alpha value is -1.02. The smallest absolute Gasteiger partial charge is 0.122 e. The number of nitrogens with two attached hydrogens (primary N) is 1. The maximum atomic E-state index is 5.68. The SMILES string of the molecule is Cc1cc2c(cc1C)OCC(CN)C2. The van der Waals surface area contributed by atoms with Gasteiger partial charge in [-0.05, 0) is 49.6 Å². The maximum Gasteiger partial charge on any atom is 0.122 e. The van der Waals surface area contributed by atoms with Crippen molar-refractivity contribution in [2.45, 2.75) is 20.3 Å². The van der Waals surface area contributed by atoms with Crippen molar-refractivity contribution in [1.82, 2.24) is 0 Å². The van der Waals surface area contributed by atoms with E-state index < -0.39 is 0 Å². The highest BCUT2D eigenvalue weighted by atomic mass is 16.5. The minimum absolute atomic E-state index is 0.490. The molecule has 1 atom stereocenters. The Morgan fingerprint density at radius 1 is 1.36 bits per heavy atom. The highest BCUT2D eigenvalue weighted by molar-refractivity contribution is 5.43. The van der Waals surface area contributed by atoms with Crippen LogP contribution in [0.2, 0.25) is 0 Å². The third-order valence-electron chi connectivity index (χ3n) is 2.99. The molecule has 2 nitrogen and oxygen atoms in total. The Kier molecular flexibility index (Phi) is 2.46. The van der Waals surface area contributed by atoms with Crippen molar-refractivity contribution >= 4 is 0 Å². The van der Waals surface area contributed by atoms with Crippen LogP contribution in [0.25, 0.3) is 0 Å². The molecule has 0 bridgehead atoms. The monoisotopic (exact) mass is 191 g/mol. The summed E-state index contributed by atoms with van der Waals surface area (Å²) in [6.07, 6.45) is 1.06. The number of hydrogen-bond donors (Lipinski definition) is 1. The second-order valence-corrected chi connectivity index (χ2v) is 4.16. The summed E-state index contributed by atoms with van der Waals surface area (Å²) in [7, 11) is 0. The fourth-order valence-corrected chi connectivity index (χ4v) is 1.87. The molecule has 1 heterocycles. The average Bonchev–Trinajstić information content (AvgIpc) is 2.19. The summed E-state index contributed by atoms with van der Waals surface area (Å²) in [6.45, 7) is 5.74. The van der Waals surface area contributed by atoms with Gasteiger partial charge in [-0.1, -0.05) is 6.07 Å². The van der Waals surface area contributed by atoms with Crippen LogP contribution in [-0.4, -0.2) is 13.2 Å². The van der Waals surface area contributed by atoms with Crippen LogP contribution >= 0.6 is 0 Å².